The molecule has 7 nitrogen and oxygen atoms in total. The van der Waals surface area contributed by atoms with E-state index in [-0.39, 0.29) is 17.8 Å². The van der Waals surface area contributed by atoms with Crippen LogP contribution >= 0.6 is 0 Å². The summed E-state index contributed by atoms with van der Waals surface area (Å²) in [6, 6.07) is 11.8. The fourth-order valence-corrected chi connectivity index (χ4v) is 3.10. The second-order valence-electron chi connectivity index (χ2n) is 6.36. The van der Waals surface area contributed by atoms with Gasteiger partial charge in [-0.25, -0.2) is 9.97 Å². The molecule has 0 unspecified atom stereocenters. The maximum Gasteiger partial charge on any atom is 0.312 e. The summed E-state index contributed by atoms with van der Waals surface area (Å²) >= 11 is 0. The van der Waals surface area contributed by atoms with Gasteiger partial charge in [0.05, 0.1) is 31.5 Å². The van der Waals surface area contributed by atoms with Crippen molar-refractivity contribution in [2.75, 3.05) is 20.2 Å². The summed E-state index contributed by atoms with van der Waals surface area (Å²) in [4.78, 5) is 34.4. The molecule has 1 aliphatic heterocycles. The molecule has 0 saturated carbocycles. The highest BCUT2D eigenvalue weighted by Gasteiger charge is 2.36. The number of pyridine rings is 1. The molecule has 0 atom stereocenters. The van der Waals surface area contributed by atoms with Crippen molar-refractivity contribution in [1.82, 2.24) is 19.4 Å². The monoisotopic (exact) mass is 350 g/mol. The second-order valence-corrected chi connectivity index (χ2v) is 6.36. The highest BCUT2D eigenvalue weighted by atomic mass is 16.5. The summed E-state index contributed by atoms with van der Waals surface area (Å²) in [6.07, 6.45) is 3.30. The third-order valence-corrected chi connectivity index (χ3v) is 4.60. The summed E-state index contributed by atoms with van der Waals surface area (Å²) in [5, 5.41) is 0. The number of carbonyl (C=O) groups excluding carboxylic acids is 2. The van der Waals surface area contributed by atoms with E-state index in [1.54, 1.807) is 23.5 Å². The maximum absolute atomic E-state index is 12.5. The van der Waals surface area contributed by atoms with Crippen molar-refractivity contribution < 1.29 is 14.3 Å². The van der Waals surface area contributed by atoms with E-state index in [4.69, 9.17) is 4.74 Å². The van der Waals surface area contributed by atoms with Crippen LogP contribution in [-0.4, -0.2) is 51.5 Å². The number of rotatable bonds is 4. The van der Waals surface area contributed by atoms with Crippen LogP contribution < -0.4 is 0 Å². The molecular weight excluding hydrogens is 332 g/mol. The van der Waals surface area contributed by atoms with Gasteiger partial charge in [-0.1, -0.05) is 30.3 Å². The Morgan fingerprint density at radius 1 is 1.19 bits per heavy atom. The normalized spacial score (nSPS) is 14.3. The van der Waals surface area contributed by atoms with Gasteiger partial charge in [0.25, 0.3) is 5.91 Å². The molecule has 1 aromatic carbocycles. The molecule has 1 fully saturated rings. The average Bonchev–Trinajstić information content (AvgIpc) is 3.03. The van der Waals surface area contributed by atoms with Crippen molar-refractivity contribution in [3.8, 4) is 0 Å². The molecule has 132 valence electrons. The molecule has 0 N–H and O–H groups in total. The summed E-state index contributed by atoms with van der Waals surface area (Å²) in [5.41, 5.74) is 3.05. The van der Waals surface area contributed by atoms with Gasteiger partial charge >= 0.3 is 5.97 Å². The van der Waals surface area contributed by atoms with Crippen LogP contribution in [0.4, 0.5) is 0 Å². The molecule has 7 heteroatoms. The van der Waals surface area contributed by atoms with Crippen LogP contribution in [0.5, 0.6) is 0 Å². The number of hydrogen-bond donors (Lipinski definition) is 0. The van der Waals surface area contributed by atoms with Crippen LogP contribution in [-0.2, 0) is 16.1 Å². The first-order chi connectivity index (χ1) is 12.7. The van der Waals surface area contributed by atoms with Crippen molar-refractivity contribution in [2.45, 2.75) is 6.54 Å². The number of ether oxygens (including phenoxy) is 1. The number of aromatic nitrogens is 3. The Hall–Kier alpha value is -3.22. The number of methoxy groups -OCH3 is 1. The quantitative estimate of drug-likeness (QED) is 0.670. The van der Waals surface area contributed by atoms with Gasteiger partial charge in [-0.15, -0.1) is 0 Å². The van der Waals surface area contributed by atoms with Crippen LogP contribution in [0.15, 0.2) is 48.9 Å². The van der Waals surface area contributed by atoms with Gasteiger partial charge in [0, 0.05) is 19.3 Å². The molecule has 0 spiro atoms. The number of fused-ring (bicyclic) bond motifs is 1. The van der Waals surface area contributed by atoms with Crippen LogP contribution in [0.25, 0.3) is 11.2 Å². The Balaban J connectivity index is 1.50. The van der Waals surface area contributed by atoms with Crippen molar-refractivity contribution in [3.05, 3.63) is 60.0 Å². The summed E-state index contributed by atoms with van der Waals surface area (Å²) < 4.78 is 6.65. The lowest BCUT2D eigenvalue weighted by Crippen LogP contribution is -2.53. The molecule has 4 rings (SSSR count). The zero-order chi connectivity index (χ0) is 18.1. The lowest BCUT2D eigenvalue weighted by Gasteiger charge is -2.37. The molecule has 3 heterocycles. The Labute approximate surface area is 150 Å². The number of esters is 1. The van der Waals surface area contributed by atoms with Crippen LogP contribution in [0.2, 0.25) is 0 Å². The first kappa shape index (κ1) is 16.3. The van der Waals surface area contributed by atoms with Gasteiger partial charge in [-0.05, 0) is 11.6 Å². The molecule has 1 aliphatic rings. The van der Waals surface area contributed by atoms with Crippen molar-refractivity contribution in [3.63, 3.8) is 0 Å². The number of benzene rings is 1. The summed E-state index contributed by atoms with van der Waals surface area (Å²) in [7, 11) is 1.36. The molecule has 2 aromatic heterocycles. The summed E-state index contributed by atoms with van der Waals surface area (Å²) in [5.74, 6) is -0.648. The Morgan fingerprint density at radius 3 is 2.69 bits per heavy atom. The number of carbonyl (C=O) groups is 2. The number of nitrogens with zero attached hydrogens (tertiary/aromatic N) is 4. The van der Waals surface area contributed by atoms with Crippen LogP contribution in [0, 0.1) is 5.92 Å². The standard InChI is InChI=1S/C19H18N4O3/c1-26-19(25)15-10-22(11-15)18(24)14-7-16-17(20-8-14)23(12-21-16)9-13-5-3-2-4-6-13/h2-8,12,15H,9-11H2,1H3. The largest absolute Gasteiger partial charge is 0.469 e. The fourth-order valence-electron chi connectivity index (χ4n) is 3.10. The zero-order valence-electron chi connectivity index (χ0n) is 14.3. The van der Waals surface area contributed by atoms with Crippen molar-refractivity contribution in [2.24, 2.45) is 5.92 Å². The Kier molecular flexibility index (Phi) is 4.12. The minimum Gasteiger partial charge on any atom is -0.469 e. The van der Waals surface area contributed by atoms with Gasteiger partial charge in [-0.3, -0.25) is 9.59 Å². The average molecular weight is 350 g/mol. The third kappa shape index (κ3) is 2.92. The minimum atomic E-state index is -0.276. The highest BCUT2D eigenvalue weighted by molar-refractivity contribution is 5.97. The molecule has 0 bridgehead atoms. The Morgan fingerprint density at radius 2 is 1.96 bits per heavy atom. The van der Waals surface area contributed by atoms with E-state index in [1.165, 1.54) is 7.11 Å². The molecule has 1 amide bonds. The fraction of sp³-hybridized carbons (Fsp3) is 0.263. The van der Waals surface area contributed by atoms with E-state index in [2.05, 4.69) is 9.97 Å². The maximum atomic E-state index is 12.5. The van der Waals surface area contributed by atoms with E-state index < -0.39 is 0 Å². The smallest absolute Gasteiger partial charge is 0.312 e. The van der Waals surface area contributed by atoms with E-state index >= 15 is 0 Å². The van der Waals surface area contributed by atoms with Crippen molar-refractivity contribution in [1.29, 1.82) is 0 Å². The van der Waals surface area contributed by atoms with Gasteiger partial charge in [0.15, 0.2) is 5.65 Å². The number of amides is 1. The van der Waals surface area contributed by atoms with E-state index in [0.717, 1.165) is 11.2 Å². The lowest BCUT2D eigenvalue weighted by molar-refractivity contribution is -0.149. The number of hydrogen-bond acceptors (Lipinski definition) is 5. The van der Waals surface area contributed by atoms with Gasteiger partial charge in [0.2, 0.25) is 0 Å². The van der Waals surface area contributed by atoms with Gasteiger partial charge in [0.1, 0.15) is 5.52 Å². The molecule has 0 aliphatic carbocycles. The minimum absolute atomic E-state index is 0.142. The molecule has 0 radical (unpaired) electrons. The molecule has 26 heavy (non-hydrogen) atoms. The molecular formula is C19H18N4O3. The van der Waals surface area contributed by atoms with Gasteiger partial charge in [-0.2, -0.15) is 0 Å². The van der Waals surface area contributed by atoms with Crippen LogP contribution in [0.1, 0.15) is 15.9 Å². The highest BCUT2D eigenvalue weighted by Crippen LogP contribution is 2.21. The Bertz CT molecular complexity index is 961. The van der Waals surface area contributed by atoms with Gasteiger partial charge < -0.3 is 14.2 Å². The summed E-state index contributed by atoms with van der Waals surface area (Å²) in [6.45, 7) is 1.43. The zero-order valence-corrected chi connectivity index (χ0v) is 14.3. The second kappa shape index (κ2) is 6.59. The molecule has 1 saturated heterocycles. The topological polar surface area (TPSA) is 77.3 Å². The van der Waals surface area contributed by atoms with E-state index in [1.807, 2.05) is 34.9 Å². The number of likely N-dealkylation sites (tertiary alicyclic amines) is 1. The van der Waals surface area contributed by atoms with Crippen LogP contribution in [0.3, 0.4) is 0 Å². The first-order valence-electron chi connectivity index (χ1n) is 8.37. The SMILES string of the molecule is COC(=O)C1CN(C(=O)c2cnc3c(c2)ncn3Cc2ccccc2)C1. The van der Waals surface area contributed by atoms with Crippen molar-refractivity contribution >= 4 is 23.0 Å². The lowest BCUT2D eigenvalue weighted by atomic mass is 9.99. The molecule has 3 aromatic rings. The third-order valence-electron chi connectivity index (χ3n) is 4.60. The number of imidazole rings is 1. The van der Waals surface area contributed by atoms with E-state index in [0.29, 0.717) is 30.7 Å². The predicted octanol–water partition coefficient (Wildman–Crippen LogP) is 1.72. The van der Waals surface area contributed by atoms with E-state index in [9.17, 15) is 9.59 Å². The first-order valence-corrected chi connectivity index (χ1v) is 8.37. The predicted molar refractivity (Wildman–Crippen MR) is 94.5 cm³/mol.